The van der Waals surface area contributed by atoms with Gasteiger partial charge in [0.1, 0.15) is 23.3 Å². The third-order valence-corrected chi connectivity index (χ3v) is 5.15. The average Bonchev–Trinajstić information content (AvgIpc) is 2.75. The van der Waals surface area contributed by atoms with Gasteiger partial charge in [-0.25, -0.2) is 17.6 Å². The number of allylic oxidation sites excluding steroid dienone is 1. The topological polar surface area (TPSA) is 0 Å². The highest BCUT2D eigenvalue weighted by Gasteiger charge is 2.23. The normalized spacial score (nSPS) is 11.1. The van der Waals surface area contributed by atoms with Crippen molar-refractivity contribution in [2.24, 2.45) is 0 Å². The lowest BCUT2D eigenvalue weighted by Crippen LogP contribution is -2.03. The maximum atomic E-state index is 14.6. The van der Waals surface area contributed by atoms with Crippen molar-refractivity contribution >= 4 is 0 Å². The molecule has 0 N–H and O–H groups in total. The van der Waals surface area contributed by atoms with E-state index in [4.69, 9.17) is 0 Å². The minimum Gasteiger partial charge on any atom is -0.207 e. The van der Waals surface area contributed by atoms with Crippen molar-refractivity contribution in [3.63, 3.8) is 0 Å². The molecule has 0 spiro atoms. The second kappa shape index (κ2) is 10.6. The van der Waals surface area contributed by atoms with E-state index in [0.717, 1.165) is 23.6 Å². The van der Waals surface area contributed by atoms with E-state index in [2.05, 4.69) is 6.58 Å². The molecule has 0 unspecified atom stereocenters. The van der Waals surface area contributed by atoms with Crippen LogP contribution in [0.2, 0.25) is 0 Å². The molecule has 0 aliphatic carbocycles. The van der Waals surface area contributed by atoms with Gasteiger partial charge in [-0.3, -0.25) is 0 Å². The lowest BCUT2D eigenvalue weighted by atomic mass is 9.97. The largest absolute Gasteiger partial charge is 0.458 e. The summed E-state index contributed by atoms with van der Waals surface area (Å²) in [6.07, 6.45) is -1.69. The molecule has 0 saturated heterocycles. The maximum Gasteiger partial charge on any atom is 0.458 e. The van der Waals surface area contributed by atoms with Crippen LogP contribution in [0.4, 0.5) is 30.7 Å². The summed E-state index contributed by atoms with van der Waals surface area (Å²) in [5.74, 6) is -1.26. The van der Waals surface area contributed by atoms with Gasteiger partial charge in [-0.05, 0) is 72.2 Å². The Morgan fingerprint density at radius 2 is 1.41 bits per heavy atom. The molecule has 0 amide bonds. The van der Waals surface area contributed by atoms with Gasteiger partial charge in [-0.2, -0.15) is 13.2 Å². The van der Waals surface area contributed by atoms with Gasteiger partial charge in [-0.15, -0.1) is 6.58 Å². The summed E-state index contributed by atoms with van der Waals surface area (Å²) >= 11 is 0. The molecule has 0 aliphatic heterocycles. The van der Waals surface area contributed by atoms with Crippen molar-refractivity contribution < 1.29 is 30.7 Å². The van der Waals surface area contributed by atoms with E-state index >= 15 is 0 Å². The zero-order valence-corrected chi connectivity index (χ0v) is 17.9. The first-order valence-corrected chi connectivity index (χ1v) is 10.3. The summed E-state index contributed by atoms with van der Waals surface area (Å²) in [4.78, 5) is 0. The lowest BCUT2D eigenvalue weighted by Gasteiger charge is -2.10. The van der Waals surface area contributed by atoms with Crippen LogP contribution < -0.4 is 0 Å². The molecule has 3 rings (SSSR count). The first kappa shape index (κ1) is 25.1. The van der Waals surface area contributed by atoms with Crippen LogP contribution in [-0.2, 0) is 19.3 Å². The zero-order valence-electron chi connectivity index (χ0n) is 17.9. The fraction of sp³-hybridized carbons (Fsp3) is 0.185. The highest BCUT2D eigenvalue weighted by molar-refractivity contribution is 5.65. The molecule has 0 fully saturated rings. The van der Waals surface area contributed by atoms with Gasteiger partial charge in [0.15, 0.2) is 0 Å². The van der Waals surface area contributed by atoms with Crippen LogP contribution in [-0.4, -0.2) is 6.18 Å². The predicted molar refractivity (Wildman–Crippen MR) is 117 cm³/mol. The van der Waals surface area contributed by atoms with Crippen LogP contribution in [0.15, 0.2) is 61.2 Å². The van der Waals surface area contributed by atoms with Crippen LogP contribution in [0.5, 0.6) is 0 Å². The minimum absolute atomic E-state index is 0.0312. The molecule has 3 aromatic carbocycles. The molecule has 3 aromatic rings. The maximum absolute atomic E-state index is 14.6. The predicted octanol–water partition coefficient (Wildman–Crippen LogP) is 7.73. The van der Waals surface area contributed by atoms with Gasteiger partial charge < -0.3 is 0 Å². The standard InChI is InChI=1S/C27H19F7/c1-2-3-4-17-6-10-21(24(29)13-17)20-9-8-19(23(28)16-20)7-5-18-14-25(30)22(26(31)15-18)11-12-27(32,33)34/h2,6,8-10,13-16H,1,3-5,7H2. The second-order valence-corrected chi connectivity index (χ2v) is 7.63. The number of alkyl halides is 3. The molecular formula is C27H19F7. The van der Waals surface area contributed by atoms with Gasteiger partial charge in [0.05, 0.1) is 5.56 Å². The molecular weight excluding hydrogens is 457 g/mol. The quantitative estimate of drug-likeness (QED) is 0.186. The van der Waals surface area contributed by atoms with Crippen LogP contribution in [0.25, 0.3) is 11.1 Å². The smallest absolute Gasteiger partial charge is 0.207 e. The third kappa shape index (κ3) is 6.50. The molecule has 0 heterocycles. The minimum atomic E-state index is -4.88. The summed E-state index contributed by atoms with van der Waals surface area (Å²) < 4.78 is 93.8. The molecule has 0 aromatic heterocycles. The molecule has 34 heavy (non-hydrogen) atoms. The summed E-state index contributed by atoms with van der Waals surface area (Å²) in [6, 6.07) is 10.7. The van der Waals surface area contributed by atoms with E-state index in [1.54, 1.807) is 24.3 Å². The molecule has 7 heteroatoms. The molecule has 0 saturated carbocycles. The summed E-state index contributed by atoms with van der Waals surface area (Å²) in [6.45, 7) is 3.63. The van der Waals surface area contributed by atoms with E-state index in [1.807, 2.05) is 0 Å². The number of halogens is 7. The van der Waals surface area contributed by atoms with E-state index in [1.165, 1.54) is 24.1 Å². The van der Waals surface area contributed by atoms with Crippen molar-refractivity contribution in [1.29, 1.82) is 0 Å². The first-order valence-electron chi connectivity index (χ1n) is 10.3. The highest BCUT2D eigenvalue weighted by atomic mass is 19.4. The van der Waals surface area contributed by atoms with E-state index in [-0.39, 0.29) is 29.5 Å². The zero-order chi connectivity index (χ0) is 24.9. The van der Waals surface area contributed by atoms with Gasteiger partial charge in [0.2, 0.25) is 0 Å². The lowest BCUT2D eigenvalue weighted by molar-refractivity contribution is -0.0696. The Morgan fingerprint density at radius 1 is 0.735 bits per heavy atom. The van der Waals surface area contributed by atoms with Crippen molar-refractivity contribution in [3.8, 4) is 23.0 Å². The highest BCUT2D eigenvalue weighted by Crippen LogP contribution is 2.27. The van der Waals surface area contributed by atoms with E-state index in [9.17, 15) is 30.7 Å². The average molecular weight is 476 g/mol. The molecule has 0 radical (unpaired) electrons. The Morgan fingerprint density at radius 3 is 2.00 bits per heavy atom. The molecule has 0 aliphatic rings. The number of hydrogen-bond donors (Lipinski definition) is 0. The molecule has 176 valence electrons. The van der Waals surface area contributed by atoms with Crippen molar-refractivity contribution in [1.82, 2.24) is 0 Å². The third-order valence-electron chi connectivity index (χ3n) is 5.15. The number of hydrogen-bond acceptors (Lipinski definition) is 0. The Labute approximate surface area is 192 Å². The molecule has 0 atom stereocenters. The number of aryl methyl sites for hydroxylation is 3. The van der Waals surface area contributed by atoms with Crippen molar-refractivity contribution in [2.75, 3.05) is 0 Å². The van der Waals surface area contributed by atoms with Crippen LogP contribution in [0, 0.1) is 35.1 Å². The number of benzene rings is 3. The Bertz CT molecular complexity index is 1240. The monoisotopic (exact) mass is 476 g/mol. The fourth-order valence-corrected chi connectivity index (χ4v) is 3.44. The molecule has 0 bridgehead atoms. The molecule has 0 nitrogen and oxygen atoms in total. The van der Waals surface area contributed by atoms with Crippen LogP contribution in [0.1, 0.15) is 28.7 Å². The SMILES string of the molecule is C=CCCc1ccc(-c2ccc(CCc3cc(F)c(C#CC(F)(F)F)c(F)c3)c(F)c2)c(F)c1. The van der Waals surface area contributed by atoms with E-state index < -0.39 is 35.0 Å². The number of rotatable bonds is 7. The van der Waals surface area contributed by atoms with Crippen molar-refractivity contribution in [2.45, 2.75) is 31.9 Å². The van der Waals surface area contributed by atoms with Gasteiger partial charge >= 0.3 is 6.18 Å². The van der Waals surface area contributed by atoms with Gasteiger partial charge in [-0.1, -0.05) is 36.3 Å². The van der Waals surface area contributed by atoms with E-state index in [0.29, 0.717) is 18.4 Å². The Kier molecular flexibility index (Phi) is 7.83. The van der Waals surface area contributed by atoms with Gasteiger partial charge in [0, 0.05) is 11.5 Å². The summed E-state index contributed by atoms with van der Waals surface area (Å²) in [5, 5.41) is 0. The Hall–Kier alpha value is -3.53. The summed E-state index contributed by atoms with van der Waals surface area (Å²) in [5.41, 5.74) is 0.791. The second-order valence-electron chi connectivity index (χ2n) is 7.63. The van der Waals surface area contributed by atoms with Crippen LogP contribution in [0.3, 0.4) is 0 Å². The van der Waals surface area contributed by atoms with Gasteiger partial charge in [0.25, 0.3) is 0 Å². The van der Waals surface area contributed by atoms with Crippen LogP contribution >= 0.6 is 0 Å². The Balaban J connectivity index is 1.74. The first-order chi connectivity index (χ1) is 16.1. The van der Waals surface area contributed by atoms with Crippen molar-refractivity contribution in [3.05, 3.63) is 107 Å². The summed E-state index contributed by atoms with van der Waals surface area (Å²) in [7, 11) is 0. The fourth-order valence-electron chi connectivity index (χ4n) is 3.44.